The SMILES string of the molecule is Cn1nc(OCc2cccc(C#N)c2)c2scc(-c3ccncc3)c2c1=O.O=C(O)C(F)(F)F. The zero-order valence-corrected chi connectivity index (χ0v) is 18.2. The number of fused-ring (bicyclic) bond motifs is 1. The Balaban J connectivity index is 0.000000406. The first-order valence-corrected chi connectivity index (χ1v) is 10.3. The van der Waals surface area contributed by atoms with Crippen molar-refractivity contribution in [3.8, 4) is 23.1 Å². The number of nitrogens with zero attached hydrogens (tertiary/aromatic N) is 4. The number of carboxylic acids is 1. The van der Waals surface area contributed by atoms with Gasteiger partial charge in [0.15, 0.2) is 0 Å². The molecule has 1 aromatic carbocycles. The van der Waals surface area contributed by atoms with Gasteiger partial charge >= 0.3 is 12.1 Å². The molecule has 0 unspecified atom stereocenters. The number of carboxylic acid groups (broad SMARTS) is 1. The summed E-state index contributed by atoms with van der Waals surface area (Å²) in [5.41, 5.74) is 3.04. The number of benzene rings is 1. The van der Waals surface area contributed by atoms with Crippen molar-refractivity contribution < 1.29 is 27.8 Å². The molecule has 0 atom stereocenters. The average molecular weight is 488 g/mol. The van der Waals surface area contributed by atoms with Crippen LogP contribution in [0.3, 0.4) is 0 Å². The van der Waals surface area contributed by atoms with Crippen molar-refractivity contribution in [3.05, 3.63) is 75.7 Å². The van der Waals surface area contributed by atoms with Gasteiger partial charge in [0, 0.05) is 30.4 Å². The van der Waals surface area contributed by atoms with Gasteiger partial charge in [-0.2, -0.15) is 18.4 Å². The van der Waals surface area contributed by atoms with Crippen molar-refractivity contribution in [2.75, 3.05) is 0 Å². The average Bonchev–Trinajstić information content (AvgIpc) is 3.27. The van der Waals surface area contributed by atoms with Crippen LogP contribution < -0.4 is 10.3 Å². The fourth-order valence-electron chi connectivity index (χ4n) is 2.84. The minimum atomic E-state index is -5.08. The summed E-state index contributed by atoms with van der Waals surface area (Å²) < 4.78 is 39.6. The third kappa shape index (κ3) is 5.57. The van der Waals surface area contributed by atoms with E-state index in [9.17, 15) is 18.0 Å². The molecule has 0 spiro atoms. The molecule has 3 aromatic heterocycles. The van der Waals surface area contributed by atoms with E-state index in [2.05, 4.69) is 16.2 Å². The molecule has 174 valence electrons. The molecule has 12 heteroatoms. The zero-order valence-electron chi connectivity index (χ0n) is 17.4. The minimum Gasteiger partial charge on any atom is -0.475 e. The highest BCUT2D eigenvalue weighted by atomic mass is 32.1. The van der Waals surface area contributed by atoms with E-state index in [0.717, 1.165) is 16.7 Å². The molecule has 0 bridgehead atoms. The van der Waals surface area contributed by atoms with Crippen LogP contribution in [0.25, 0.3) is 21.2 Å². The molecule has 4 aromatic rings. The van der Waals surface area contributed by atoms with E-state index in [0.29, 0.717) is 21.5 Å². The molecule has 0 aliphatic carbocycles. The number of pyridine rings is 1. The molecule has 0 amide bonds. The fourth-order valence-corrected chi connectivity index (χ4v) is 3.84. The second kappa shape index (κ2) is 10.1. The summed E-state index contributed by atoms with van der Waals surface area (Å²) in [6.07, 6.45) is -1.69. The topological polar surface area (TPSA) is 118 Å². The van der Waals surface area contributed by atoms with Gasteiger partial charge in [-0.25, -0.2) is 9.48 Å². The van der Waals surface area contributed by atoms with Gasteiger partial charge in [0.2, 0.25) is 5.88 Å². The maximum Gasteiger partial charge on any atom is 0.490 e. The number of ether oxygens (including phenoxy) is 1. The summed E-state index contributed by atoms with van der Waals surface area (Å²) in [5.74, 6) is -2.35. The number of hydrogen-bond donors (Lipinski definition) is 1. The number of aryl methyl sites for hydroxylation is 1. The lowest BCUT2D eigenvalue weighted by molar-refractivity contribution is -0.192. The van der Waals surface area contributed by atoms with Crippen LogP contribution in [0.4, 0.5) is 13.2 Å². The maximum atomic E-state index is 12.7. The zero-order chi connectivity index (χ0) is 24.9. The number of aromatic nitrogens is 3. The van der Waals surface area contributed by atoms with E-state index in [1.54, 1.807) is 31.6 Å². The summed E-state index contributed by atoms with van der Waals surface area (Å²) in [5, 5.41) is 23.0. The predicted octanol–water partition coefficient (Wildman–Crippen LogP) is 4.14. The van der Waals surface area contributed by atoms with Crippen molar-refractivity contribution in [1.82, 2.24) is 14.8 Å². The van der Waals surface area contributed by atoms with Crippen molar-refractivity contribution in [2.45, 2.75) is 12.8 Å². The van der Waals surface area contributed by atoms with Crippen LogP contribution >= 0.6 is 11.3 Å². The summed E-state index contributed by atoms with van der Waals surface area (Å²) >= 11 is 1.43. The molecular formula is C22H15F3N4O4S. The Morgan fingerprint density at radius 1 is 1.26 bits per heavy atom. The molecule has 0 fully saturated rings. The number of hydrogen-bond acceptors (Lipinski definition) is 7. The van der Waals surface area contributed by atoms with Crippen LogP contribution in [0.15, 0.2) is 59.0 Å². The molecular weight excluding hydrogens is 473 g/mol. The standard InChI is InChI=1S/C20H14N4O2S.C2HF3O2/c1-24-20(25)17-16(15-5-7-22-8-6-15)12-27-18(17)19(23-24)26-11-14-4-2-3-13(9-14)10-21;3-2(4,5)1(6)7/h2-9,12H,11H2,1H3;(H,6,7). The predicted molar refractivity (Wildman–Crippen MR) is 117 cm³/mol. The molecule has 8 nitrogen and oxygen atoms in total. The normalized spacial score (nSPS) is 10.8. The summed E-state index contributed by atoms with van der Waals surface area (Å²) in [6.45, 7) is 0.262. The molecule has 34 heavy (non-hydrogen) atoms. The van der Waals surface area contributed by atoms with Crippen molar-refractivity contribution in [3.63, 3.8) is 0 Å². The molecule has 4 rings (SSSR count). The Bertz CT molecular complexity index is 1430. The first-order valence-electron chi connectivity index (χ1n) is 9.42. The lowest BCUT2D eigenvalue weighted by Crippen LogP contribution is -2.21. The Kier molecular flexibility index (Phi) is 7.28. The monoisotopic (exact) mass is 488 g/mol. The van der Waals surface area contributed by atoms with E-state index in [-0.39, 0.29) is 12.2 Å². The highest BCUT2D eigenvalue weighted by molar-refractivity contribution is 7.18. The van der Waals surface area contributed by atoms with Crippen LogP contribution in [-0.4, -0.2) is 32.0 Å². The van der Waals surface area contributed by atoms with Gasteiger partial charge in [-0.15, -0.1) is 16.4 Å². The number of carbonyl (C=O) groups is 1. The summed E-state index contributed by atoms with van der Waals surface area (Å²) in [6, 6.07) is 13.1. The van der Waals surface area contributed by atoms with Crippen LogP contribution in [-0.2, 0) is 18.4 Å². The van der Waals surface area contributed by atoms with Gasteiger partial charge < -0.3 is 9.84 Å². The largest absolute Gasteiger partial charge is 0.490 e. The second-order valence-corrected chi connectivity index (χ2v) is 7.61. The first kappa shape index (κ1) is 24.4. The molecule has 1 N–H and O–H groups in total. The van der Waals surface area contributed by atoms with Crippen molar-refractivity contribution in [2.24, 2.45) is 7.05 Å². The number of aliphatic carboxylic acids is 1. The molecule has 0 aliphatic heterocycles. The third-order valence-corrected chi connectivity index (χ3v) is 5.37. The molecule has 0 saturated heterocycles. The van der Waals surface area contributed by atoms with Crippen molar-refractivity contribution >= 4 is 27.4 Å². The molecule has 3 heterocycles. The molecule has 0 aliphatic rings. The van der Waals surface area contributed by atoms with Crippen molar-refractivity contribution in [1.29, 1.82) is 5.26 Å². The first-order chi connectivity index (χ1) is 16.1. The Hall–Kier alpha value is -4.24. The van der Waals surface area contributed by atoms with Gasteiger partial charge in [-0.05, 0) is 35.4 Å². The summed E-state index contributed by atoms with van der Waals surface area (Å²) in [7, 11) is 1.61. The van der Waals surface area contributed by atoms with Gasteiger partial charge in [0.1, 0.15) is 11.3 Å². The number of nitriles is 1. The fraction of sp³-hybridized carbons (Fsp3) is 0.136. The lowest BCUT2D eigenvalue weighted by atomic mass is 10.1. The van der Waals surface area contributed by atoms with Crippen LogP contribution in [0.2, 0.25) is 0 Å². The van der Waals surface area contributed by atoms with Gasteiger partial charge in [-0.1, -0.05) is 12.1 Å². The maximum absolute atomic E-state index is 12.7. The number of rotatable bonds is 4. The molecule has 0 saturated carbocycles. The third-order valence-electron chi connectivity index (χ3n) is 4.40. The van der Waals surface area contributed by atoms with E-state index >= 15 is 0 Å². The van der Waals surface area contributed by atoms with Gasteiger partial charge in [-0.3, -0.25) is 9.78 Å². The quantitative estimate of drug-likeness (QED) is 0.459. The van der Waals surface area contributed by atoms with E-state index in [1.807, 2.05) is 29.6 Å². The Labute approximate surface area is 194 Å². The van der Waals surface area contributed by atoms with Crippen LogP contribution in [0, 0.1) is 11.3 Å². The van der Waals surface area contributed by atoms with E-state index < -0.39 is 12.1 Å². The van der Waals surface area contributed by atoms with Crippen LogP contribution in [0.1, 0.15) is 11.1 Å². The highest BCUT2D eigenvalue weighted by Crippen LogP contribution is 2.35. The van der Waals surface area contributed by atoms with Gasteiger partial charge in [0.25, 0.3) is 5.56 Å². The highest BCUT2D eigenvalue weighted by Gasteiger charge is 2.38. The summed E-state index contributed by atoms with van der Waals surface area (Å²) in [4.78, 5) is 25.6. The minimum absolute atomic E-state index is 0.170. The van der Waals surface area contributed by atoms with E-state index in [4.69, 9.17) is 19.9 Å². The van der Waals surface area contributed by atoms with Crippen LogP contribution in [0.5, 0.6) is 5.88 Å². The number of halogens is 3. The number of thiophene rings is 1. The molecule has 0 radical (unpaired) electrons. The smallest absolute Gasteiger partial charge is 0.475 e. The van der Waals surface area contributed by atoms with Gasteiger partial charge in [0.05, 0.1) is 17.0 Å². The number of alkyl halides is 3. The van der Waals surface area contributed by atoms with E-state index in [1.165, 1.54) is 16.0 Å². The Morgan fingerprint density at radius 3 is 2.56 bits per heavy atom. The Morgan fingerprint density at radius 2 is 1.94 bits per heavy atom. The second-order valence-electron chi connectivity index (χ2n) is 6.73. The lowest BCUT2D eigenvalue weighted by Gasteiger charge is -2.09.